The van der Waals surface area contributed by atoms with Gasteiger partial charge in [0.2, 0.25) is 0 Å². The van der Waals surface area contributed by atoms with Crippen molar-refractivity contribution in [2.45, 2.75) is 13.0 Å². The van der Waals surface area contributed by atoms with Gasteiger partial charge in [0, 0.05) is 13.6 Å². The number of carbonyl (C=O) groups is 1. The normalized spacial score (nSPS) is 11.4. The third-order valence-electron chi connectivity index (χ3n) is 2.47. The highest BCUT2D eigenvalue weighted by Crippen LogP contribution is 2.18. The molecule has 1 aromatic rings. The first-order valence-electron chi connectivity index (χ1n) is 5.61. The standard InChI is InChI=1S/C13H16N2O3/c1-10(13(17)15(2)7-8-16)18-12-6-4-3-5-11(12)9-14/h3-6,10,16H,7-8H2,1-2H3. The first kappa shape index (κ1) is 14.0. The van der Waals surface area contributed by atoms with E-state index in [1.165, 1.54) is 4.90 Å². The third-order valence-corrected chi connectivity index (χ3v) is 2.47. The number of carbonyl (C=O) groups excluding carboxylic acids is 1. The van der Waals surface area contributed by atoms with Gasteiger partial charge in [-0.2, -0.15) is 5.26 Å². The van der Waals surface area contributed by atoms with Gasteiger partial charge in [-0.15, -0.1) is 0 Å². The predicted octanol–water partition coefficient (Wildman–Crippen LogP) is 0.776. The lowest BCUT2D eigenvalue weighted by atomic mass is 10.2. The van der Waals surface area contributed by atoms with Gasteiger partial charge in [0.1, 0.15) is 11.8 Å². The molecule has 0 aromatic heterocycles. The Balaban J connectivity index is 2.73. The van der Waals surface area contributed by atoms with E-state index in [1.807, 2.05) is 6.07 Å². The molecule has 1 atom stereocenters. The summed E-state index contributed by atoms with van der Waals surface area (Å²) >= 11 is 0. The van der Waals surface area contributed by atoms with Crippen LogP contribution in [0.5, 0.6) is 5.75 Å². The van der Waals surface area contributed by atoms with Gasteiger partial charge in [-0.25, -0.2) is 0 Å². The average molecular weight is 248 g/mol. The number of benzene rings is 1. The van der Waals surface area contributed by atoms with Crippen LogP contribution in [0.25, 0.3) is 0 Å². The van der Waals surface area contributed by atoms with Gasteiger partial charge >= 0.3 is 0 Å². The molecule has 1 aromatic carbocycles. The lowest BCUT2D eigenvalue weighted by Gasteiger charge is -2.21. The van der Waals surface area contributed by atoms with Gasteiger partial charge in [0.15, 0.2) is 6.10 Å². The van der Waals surface area contributed by atoms with E-state index >= 15 is 0 Å². The van der Waals surface area contributed by atoms with E-state index in [1.54, 1.807) is 38.2 Å². The molecular weight excluding hydrogens is 232 g/mol. The van der Waals surface area contributed by atoms with Crippen LogP contribution in [0.1, 0.15) is 12.5 Å². The monoisotopic (exact) mass is 248 g/mol. The Morgan fingerprint density at radius 3 is 2.83 bits per heavy atom. The molecule has 0 heterocycles. The van der Waals surface area contributed by atoms with Crippen LogP contribution in [0.4, 0.5) is 0 Å². The van der Waals surface area contributed by atoms with E-state index in [9.17, 15) is 4.79 Å². The van der Waals surface area contributed by atoms with Crippen LogP contribution in [-0.4, -0.2) is 42.2 Å². The number of nitrogens with zero attached hydrogens (tertiary/aromatic N) is 2. The highest BCUT2D eigenvalue weighted by Gasteiger charge is 2.19. The number of aliphatic hydroxyl groups excluding tert-OH is 1. The quantitative estimate of drug-likeness (QED) is 0.835. The number of para-hydroxylation sites is 1. The molecule has 5 heteroatoms. The molecular formula is C13H16N2O3. The summed E-state index contributed by atoms with van der Waals surface area (Å²) in [6.45, 7) is 1.78. The zero-order valence-electron chi connectivity index (χ0n) is 10.5. The molecule has 1 unspecified atom stereocenters. The fourth-order valence-corrected chi connectivity index (χ4v) is 1.47. The largest absolute Gasteiger partial charge is 0.480 e. The van der Waals surface area contributed by atoms with Crippen molar-refractivity contribution >= 4 is 5.91 Å². The number of amides is 1. The predicted molar refractivity (Wildman–Crippen MR) is 66.0 cm³/mol. The van der Waals surface area contributed by atoms with Crippen LogP contribution in [-0.2, 0) is 4.79 Å². The summed E-state index contributed by atoms with van der Waals surface area (Å²) in [6.07, 6.45) is -0.698. The van der Waals surface area contributed by atoms with E-state index in [4.69, 9.17) is 15.1 Å². The molecule has 0 saturated heterocycles. The number of rotatable bonds is 5. The van der Waals surface area contributed by atoms with E-state index in [2.05, 4.69) is 0 Å². The molecule has 0 aliphatic carbocycles. The molecule has 0 spiro atoms. The molecule has 5 nitrogen and oxygen atoms in total. The topological polar surface area (TPSA) is 73.6 Å². The zero-order chi connectivity index (χ0) is 13.5. The summed E-state index contributed by atoms with van der Waals surface area (Å²) in [5.74, 6) is 0.148. The molecule has 0 saturated carbocycles. The Morgan fingerprint density at radius 2 is 2.22 bits per heavy atom. The molecule has 0 bridgehead atoms. The minimum atomic E-state index is -0.698. The third kappa shape index (κ3) is 3.47. The summed E-state index contributed by atoms with van der Waals surface area (Å²) in [5.41, 5.74) is 0.391. The maximum Gasteiger partial charge on any atom is 0.263 e. The number of ether oxygens (including phenoxy) is 1. The molecule has 96 valence electrons. The summed E-state index contributed by atoms with van der Waals surface area (Å²) in [7, 11) is 1.59. The van der Waals surface area contributed by atoms with Crippen molar-refractivity contribution in [3.05, 3.63) is 29.8 Å². The molecule has 18 heavy (non-hydrogen) atoms. The summed E-state index contributed by atoms with van der Waals surface area (Å²) in [6, 6.07) is 8.75. The minimum Gasteiger partial charge on any atom is -0.480 e. The summed E-state index contributed by atoms with van der Waals surface area (Å²) < 4.78 is 5.47. The second-order valence-electron chi connectivity index (χ2n) is 3.85. The van der Waals surface area contributed by atoms with Crippen LogP contribution >= 0.6 is 0 Å². The highest BCUT2D eigenvalue weighted by molar-refractivity contribution is 5.80. The molecule has 1 amide bonds. The fourth-order valence-electron chi connectivity index (χ4n) is 1.47. The summed E-state index contributed by atoms with van der Waals surface area (Å²) in [4.78, 5) is 13.2. The summed E-state index contributed by atoms with van der Waals surface area (Å²) in [5, 5.41) is 17.7. The molecule has 0 aliphatic rings. The van der Waals surface area contributed by atoms with Crippen LogP contribution < -0.4 is 4.74 Å². The smallest absolute Gasteiger partial charge is 0.263 e. The fraction of sp³-hybridized carbons (Fsp3) is 0.385. The van der Waals surface area contributed by atoms with Crippen LogP contribution in [0.15, 0.2) is 24.3 Å². The zero-order valence-corrected chi connectivity index (χ0v) is 10.5. The molecule has 0 aliphatic heterocycles. The lowest BCUT2D eigenvalue weighted by Crippen LogP contribution is -2.39. The van der Waals surface area contributed by atoms with Crippen LogP contribution in [0.2, 0.25) is 0 Å². The van der Waals surface area contributed by atoms with Crippen molar-refractivity contribution in [3.63, 3.8) is 0 Å². The number of hydrogen-bond donors (Lipinski definition) is 1. The first-order valence-corrected chi connectivity index (χ1v) is 5.61. The van der Waals surface area contributed by atoms with Crippen molar-refractivity contribution in [3.8, 4) is 11.8 Å². The van der Waals surface area contributed by atoms with E-state index < -0.39 is 6.10 Å². The van der Waals surface area contributed by atoms with Crippen LogP contribution in [0, 0.1) is 11.3 Å². The maximum absolute atomic E-state index is 11.8. The van der Waals surface area contributed by atoms with Gasteiger partial charge in [0.05, 0.1) is 12.2 Å². The number of nitriles is 1. The Bertz CT molecular complexity index is 454. The van der Waals surface area contributed by atoms with E-state index in [0.29, 0.717) is 11.3 Å². The Kier molecular flexibility index (Phi) is 5.15. The Labute approximate surface area is 106 Å². The van der Waals surface area contributed by atoms with Gasteiger partial charge in [-0.3, -0.25) is 4.79 Å². The number of likely N-dealkylation sites (N-methyl/N-ethyl adjacent to an activating group) is 1. The highest BCUT2D eigenvalue weighted by atomic mass is 16.5. The SMILES string of the molecule is CC(Oc1ccccc1C#N)C(=O)N(C)CCO. The molecule has 0 fully saturated rings. The molecule has 0 radical (unpaired) electrons. The second kappa shape index (κ2) is 6.62. The van der Waals surface area contributed by atoms with Gasteiger partial charge < -0.3 is 14.7 Å². The van der Waals surface area contributed by atoms with E-state index in [0.717, 1.165) is 0 Å². The number of aliphatic hydroxyl groups is 1. The van der Waals surface area contributed by atoms with Crippen molar-refractivity contribution < 1.29 is 14.6 Å². The molecule has 1 N–H and O–H groups in total. The number of hydrogen-bond acceptors (Lipinski definition) is 4. The van der Waals surface area contributed by atoms with Crippen molar-refractivity contribution in [2.75, 3.05) is 20.2 Å². The average Bonchev–Trinajstić information content (AvgIpc) is 2.38. The van der Waals surface area contributed by atoms with Crippen LogP contribution in [0.3, 0.4) is 0 Å². The van der Waals surface area contributed by atoms with E-state index in [-0.39, 0.29) is 19.1 Å². The second-order valence-corrected chi connectivity index (χ2v) is 3.85. The van der Waals surface area contributed by atoms with Crippen molar-refractivity contribution in [1.29, 1.82) is 5.26 Å². The maximum atomic E-state index is 11.8. The molecule has 1 rings (SSSR count). The lowest BCUT2D eigenvalue weighted by molar-refractivity contribution is -0.137. The van der Waals surface area contributed by atoms with Gasteiger partial charge in [0.25, 0.3) is 5.91 Å². The first-order chi connectivity index (χ1) is 8.60. The van der Waals surface area contributed by atoms with Gasteiger partial charge in [-0.05, 0) is 19.1 Å². The van der Waals surface area contributed by atoms with Crippen molar-refractivity contribution in [1.82, 2.24) is 4.90 Å². The van der Waals surface area contributed by atoms with Crippen molar-refractivity contribution in [2.24, 2.45) is 0 Å². The Hall–Kier alpha value is -2.06. The minimum absolute atomic E-state index is 0.0935. The Morgan fingerprint density at radius 1 is 1.56 bits per heavy atom. The van der Waals surface area contributed by atoms with Gasteiger partial charge in [-0.1, -0.05) is 12.1 Å².